The second-order valence-corrected chi connectivity index (χ2v) is 5.28. The summed E-state index contributed by atoms with van der Waals surface area (Å²) in [7, 11) is 1.40. The predicted octanol–water partition coefficient (Wildman–Crippen LogP) is 2.47. The first kappa shape index (κ1) is 14.9. The molecule has 0 spiro atoms. The van der Waals surface area contributed by atoms with Gasteiger partial charge in [-0.1, -0.05) is 12.1 Å². The Bertz CT molecular complexity index is 427. The lowest BCUT2D eigenvalue weighted by Gasteiger charge is -2.26. The van der Waals surface area contributed by atoms with Crippen molar-refractivity contribution in [2.45, 2.75) is 50.7 Å². The Morgan fingerprint density at radius 1 is 1.30 bits per heavy atom. The number of esters is 1. The summed E-state index contributed by atoms with van der Waals surface area (Å²) in [6.45, 7) is 0. The average molecular weight is 278 g/mol. The monoisotopic (exact) mass is 278 g/mol. The fourth-order valence-electron chi connectivity index (χ4n) is 2.50. The number of aliphatic hydroxyl groups is 1. The quantitative estimate of drug-likeness (QED) is 0.841. The Labute approximate surface area is 119 Å². The van der Waals surface area contributed by atoms with Gasteiger partial charge in [0.1, 0.15) is 11.9 Å². The van der Waals surface area contributed by atoms with Crippen LogP contribution in [0.4, 0.5) is 0 Å². The van der Waals surface area contributed by atoms with Gasteiger partial charge in [-0.25, -0.2) is 0 Å². The van der Waals surface area contributed by atoms with E-state index >= 15 is 0 Å². The number of ether oxygens (including phenoxy) is 2. The standard InChI is InChI=1S/C16H22O4/c1-19-16(18)10-7-12-5-8-14(9-6-12)20-15-4-2-3-13(17)11-15/h5-6,8-9,13,15,17H,2-4,7,10-11H2,1H3. The lowest BCUT2D eigenvalue weighted by molar-refractivity contribution is -0.140. The van der Waals surface area contributed by atoms with Crippen LogP contribution in [0.5, 0.6) is 5.75 Å². The minimum atomic E-state index is -0.229. The lowest BCUT2D eigenvalue weighted by Crippen LogP contribution is -2.28. The molecule has 0 aliphatic heterocycles. The van der Waals surface area contributed by atoms with Gasteiger partial charge in [0.15, 0.2) is 0 Å². The molecule has 0 bridgehead atoms. The maximum absolute atomic E-state index is 11.1. The Hall–Kier alpha value is -1.55. The van der Waals surface area contributed by atoms with Crippen LogP contribution in [0.1, 0.15) is 37.7 Å². The Kier molecular flexibility index (Phi) is 5.41. The van der Waals surface area contributed by atoms with Crippen LogP contribution >= 0.6 is 0 Å². The van der Waals surface area contributed by atoms with E-state index in [1.54, 1.807) is 0 Å². The van der Waals surface area contributed by atoms with Crippen LogP contribution in [0.3, 0.4) is 0 Å². The molecule has 4 nitrogen and oxygen atoms in total. The van der Waals surface area contributed by atoms with E-state index in [1.165, 1.54) is 7.11 Å². The zero-order valence-electron chi connectivity index (χ0n) is 11.9. The van der Waals surface area contributed by atoms with Crippen molar-refractivity contribution in [2.24, 2.45) is 0 Å². The van der Waals surface area contributed by atoms with Crippen molar-refractivity contribution in [3.8, 4) is 5.75 Å². The van der Waals surface area contributed by atoms with Crippen LogP contribution in [0, 0.1) is 0 Å². The van der Waals surface area contributed by atoms with Crippen molar-refractivity contribution in [1.29, 1.82) is 0 Å². The molecule has 1 aromatic carbocycles. The van der Waals surface area contributed by atoms with Gasteiger partial charge in [0.2, 0.25) is 0 Å². The third-order valence-electron chi connectivity index (χ3n) is 3.67. The average Bonchev–Trinajstić information content (AvgIpc) is 2.46. The molecule has 2 unspecified atom stereocenters. The molecule has 1 aromatic rings. The van der Waals surface area contributed by atoms with Crippen LogP contribution < -0.4 is 4.74 Å². The predicted molar refractivity (Wildman–Crippen MR) is 75.7 cm³/mol. The van der Waals surface area contributed by atoms with Crippen molar-refractivity contribution in [2.75, 3.05) is 7.11 Å². The third-order valence-corrected chi connectivity index (χ3v) is 3.67. The zero-order valence-corrected chi connectivity index (χ0v) is 11.9. The van der Waals surface area contributed by atoms with E-state index in [1.807, 2.05) is 24.3 Å². The smallest absolute Gasteiger partial charge is 0.305 e. The number of aryl methyl sites for hydroxylation is 1. The molecule has 1 fully saturated rings. The van der Waals surface area contributed by atoms with Gasteiger partial charge in [-0.15, -0.1) is 0 Å². The summed E-state index contributed by atoms with van der Waals surface area (Å²) in [4.78, 5) is 11.1. The van der Waals surface area contributed by atoms with Crippen LogP contribution in [0.25, 0.3) is 0 Å². The molecule has 2 atom stereocenters. The number of carbonyl (C=O) groups is 1. The van der Waals surface area contributed by atoms with E-state index in [0.717, 1.165) is 30.6 Å². The molecule has 1 aliphatic rings. The van der Waals surface area contributed by atoms with E-state index in [4.69, 9.17) is 4.74 Å². The van der Waals surface area contributed by atoms with E-state index in [0.29, 0.717) is 19.3 Å². The van der Waals surface area contributed by atoms with Crippen molar-refractivity contribution in [1.82, 2.24) is 0 Å². The molecule has 20 heavy (non-hydrogen) atoms. The number of hydrogen-bond acceptors (Lipinski definition) is 4. The first-order chi connectivity index (χ1) is 9.67. The van der Waals surface area contributed by atoms with Crippen LogP contribution in [0.2, 0.25) is 0 Å². The molecule has 110 valence electrons. The largest absolute Gasteiger partial charge is 0.490 e. The summed E-state index contributed by atoms with van der Waals surface area (Å²) < 4.78 is 10.5. The number of methoxy groups -OCH3 is 1. The molecule has 1 saturated carbocycles. The molecule has 2 rings (SSSR count). The lowest BCUT2D eigenvalue weighted by atomic mass is 9.95. The molecule has 0 radical (unpaired) electrons. The van der Waals surface area contributed by atoms with Gasteiger partial charge in [0.25, 0.3) is 0 Å². The Morgan fingerprint density at radius 2 is 2.05 bits per heavy atom. The molecular weight excluding hydrogens is 256 g/mol. The van der Waals surface area contributed by atoms with Gasteiger partial charge in [0.05, 0.1) is 13.2 Å². The van der Waals surface area contributed by atoms with Gasteiger partial charge in [-0.3, -0.25) is 4.79 Å². The molecule has 1 N–H and O–H groups in total. The summed E-state index contributed by atoms with van der Waals surface area (Å²) in [5.41, 5.74) is 1.09. The van der Waals surface area contributed by atoms with Crippen molar-refractivity contribution in [3.05, 3.63) is 29.8 Å². The topological polar surface area (TPSA) is 55.8 Å². The fraction of sp³-hybridized carbons (Fsp3) is 0.562. The zero-order chi connectivity index (χ0) is 14.4. The number of rotatable bonds is 5. The minimum absolute atomic E-state index is 0.111. The summed E-state index contributed by atoms with van der Waals surface area (Å²) >= 11 is 0. The van der Waals surface area contributed by atoms with Crippen molar-refractivity contribution < 1.29 is 19.4 Å². The number of aliphatic hydroxyl groups excluding tert-OH is 1. The van der Waals surface area contributed by atoms with E-state index in [2.05, 4.69) is 4.74 Å². The number of carbonyl (C=O) groups excluding carboxylic acids is 1. The SMILES string of the molecule is COC(=O)CCc1ccc(OC2CCCC(O)C2)cc1. The van der Waals surface area contributed by atoms with Gasteiger partial charge < -0.3 is 14.6 Å². The summed E-state index contributed by atoms with van der Waals surface area (Å²) in [6.07, 6.45) is 4.56. The second kappa shape index (κ2) is 7.29. The first-order valence-corrected chi connectivity index (χ1v) is 7.18. The van der Waals surface area contributed by atoms with E-state index in [9.17, 15) is 9.90 Å². The van der Waals surface area contributed by atoms with Crippen molar-refractivity contribution in [3.63, 3.8) is 0 Å². The highest BCUT2D eigenvalue weighted by Crippen LogP contribution is 2.24. The molecule has 0 aromatic heterocycles. The summed E-state index contributed by atoms with van der Waals surface area (Å²) in [5, 5.41) is 9.62. The van der Waals surface area contributed by atoms with Crippen molar-refractivity contribution >= 4 is 5.97 Å². The van der Waals surface area contributed by atoms with E-state index in [-0.39, 0.29) is 18.2 Å². The second-order valence-electron chi connectivity index (χ2n) is 5.28. The number of benzene rings is 1. The molecule has 0 heterocycles. The first-order valence-electron chi connectivity index (χ1n) is 7.18. The summed E-state index contributed by atoms with van der Waals surface area (Å²) in [5.74, 6) is 0.632. The Morgan fingerprint density at radius 3 is 2.70 bits per heavy atom. The van der Waals surface area contributed by atoms with Crippen LogP contribution in [-0.4, -0.2) is 30.4 Å². The van der Waals surface area contributed by atoms with E-state index < -0.39 is 0 Å². The maximum Gasteiger partial charge on any atom is 0.305 e. The van der Waals surface area contributed by atoms with Crippen LogP contribution in [0.15, 0.2) is 24.3 Å². The highest BCUT2D eigenvalue weighted by molar-refractivity contribution is 5.69. The van der Waals surface area contributed by atoms with Crippen LogP contribution in [-0.2, 0) is 16.0 Å². The molecule has 1 aliphatic carbocycles. The highest BCUT2D eigenvalue weighted by atomic mass is 16.5. The Balaban J connectivity index is 1.83. The molecule has 0 saturated heterocycles. The fourth-order valence-corrected chi connectivity index (χ4v) is 2.50. The molecule has 0 amide bonds. The minimum Gasteiger partial charge on any atom is -0.490 e. The van der Waals surface area contributed by atoms with Gasteiger partial charge in [0, 0.05) is 12.8 Å². The summed E-state index contributed by atoms with van der Waals surface area (Å²) in [6, 6.07) is 7.79. The van der Waals surface area contributed by atoms with Gasteiger partial charge >= 0.3 is 5.97 Å². The number of hydrogen-bond donors (Lipinski definition) is 1. The maximum atomic E-state index is 11.1. The highest BCUT2D eigenvalue weighted by Gasteiger charge is 2.21. The molecule has 4 heteroatoms. The normalized spacial score (nSPS) is 22.3. The third kappa shape index (κ3) is 4.53. The van der Waals surface area contributed by atoms with Gasteiger partial charge in [-0.05, 0) is 43.4 Å². The molecular formula is C16H22O4. The van der Waals surface area contributed by atoms with Gasteiger partial charge in [-0.2, -0.15) is 0 Å².